The van der Waals surface area contributed by atoms with Crippen LogP contribution in [0.1, 0.15) is 72.4 Å². The number of nitrogens with zero attached hydrogens (tertiary/aromatic N) is 3. The Morgan fingerprint density at radius 1 is 1.16 bits per heavy atom. The Kier molecular flexibility index (Phi) is 8.01. The lowest BCUT2D eigenvalue weighted by Gasteiger charge is -2.43. The minimum atomic E-state index is -2.69. The number of pyridine rings is 1. The van der Waals surface area contributed by atoms with Gasteiger partial charge in [-0.1, -0.05) is 13.0 Å². The van der Waals surface area contributed by atoms with E-state index in [9.17, 15) is 23.8 Å². The third-order valence-corrected chi connectivity index (χ3v) is 11.9. The number of benzene rings is 1. The summed E-state index contributed by atoms with van der Waals surface area (Å²) in [4.78, 5) is 55.7. The molecule has 8 nitrogen and oxygen atoms in total. The number of carbonyl (C=O) groups is 2. The molecule has 3 aromatic rings. The van der Waals surface area contributed by atoms with Crippen LogP contribution in [0.4, 0.5) is 4.39 Å². The van der Waals surface area contributed by atoms with Crippen molar-refractivity contribution in [2.45, 2.75) is 81.9 Å². The van der Waals surface area contributed by atoms with Gasteiger partial charge >= 0.3 is 0 Å². The number of alkyl halides is 1. The highest BCUT2D eigenvalue weighted by atomic mass is 32.1. The largest absolute Gasteiger partial charge is 0.348 e. The molecule has 3 N–H and O–H groups in total. The molecule has 228 valence electrons. The van der Waals surface area contributed by atoms with E-state index in [2.05, 4.69) is 23.3 Å². The van der Waals surface area contributed by atoms with E-state index in [1.54, 1.807) is 23.5 Å². The summed E-state index contributed by atoms with van der Waals surface area (Å²) < 4.78 is 15.2. The Morgan fingerprint density at radius 3 is 2.77 bits per heavy atom. The number of aromatic nitrogens is 1. The van der Waals surface area contributed by atoms with Crippen molar-refractivity contribution in [2.24, 2.45) is 11.8 Å². The van der Waals surface area contributed by atoms with E-state index < -0.39 is 20.3 Å². The van der Waals surface area contributed by atoms with Crippen molar-refractivity contribution in [3.05, 3.63) is 64.3 Å². The number of nitrogens with one attached hydrogen (secondary N) is 1. The van der Waals surface area contributed by atoms with Crippen LogP contribution in [0.5, 0.6) is 0 Å². The minimum Gasteiger partial charge on any atom is -0.348 e. The number of carbonyl (C=O) groups excluding carboxylic acids is 2. The molecule has 1 unspecified atom stereocenters. The summed E-state index contributed by atoms with van der Waals surface area (Å²) in [5.74, 6) is -0.175. The lowest BCUT2D eigenvalue weighted by molar-refractivity contribution is -0.150. The molecule has 2 amide bonds. The van der Waals surface area contributed by atoms with Gasteiger partial charge in [-0.3, -0.25) is 14.6 Å². The Hall–Kier alpha value is -2.49. The fraction of sp³-hybridized carbons (Fsp3) is 0.531. The first-order valence-electron chi connectivity index (χ1n) is 15.4. The smallest absolute Gasteiger partial charge is 0.245 e. The topological polar surface area (TPSA) is 106 Å². The van der Waals surface area contributed by atoms with Gasteiger partial charge in [-0.25, -0.2) is 4.39 Å². The first-order chi connectivity index (χ1) is 20.8. The second-order valence-electron chi connectivity index (χ2n) is 12.7. The van der Waals surface area contributed by atoms with Crippen LogP contribution < -0.4 is 5.32 Å². The summed E-state index contributed by atoms with van der Waals surface area (Å²) in [7, 11) is -2.69. The zero-order valence-corrected chi connectivity index (χ0v) is 25.9. The molecule has 11 heteroatoms. The highest BCUT2D eigenvalue weighted by Gasteiger charge is 2.52. The highest BCUT2D eigenvalue weighted by Crippen LogP contribution is 2.50. The Labute approximate surface area is 256 Å². The zero-order chi connectivity index (χ0) is 29.8. The van der Waals surface area contributed by atoms with Crippen molar-refractivity contribution in [1.29, 1.82) is 0 Å². The molecular formula is C32H38FN4O4PS. The van der Waals surface area contributed by atoms with Crippen LogP contribution in [0.25, 0.3) is 10.1 Å². The number of hydrogen-bond acceptors (Lipinski definition) is 7. The number of fused-ring (bicyclic) bond motifs is 3. The van der Waals surface area contributed by atoms with Crippen molar-refractivity contribution in [2.75, 3.05) is 13.1 Å². The number of amides is 2. The van der Waals surface area contributed by atoms with Crippen molar-refractivity contribution in [3.63, 3.8) is 0 Å². The number of likely N-dealkylation sites (tertiary alicyclic amines) is 1. The van der Waals surface area contributed by atoms with Gasteiger partial charge in [-0.15, -0.1) is 11.3 Å². The second-order valence-corrected chi connectivity index (χ2v) is 15.0. The van der Waals surface area contributed by atoms with Gasteiger partial charge in [0, 0.05) is 53.6 Å². The van der Waals surface area contributed by atoms with Gasteiger partial charge in [0.25, 0.3) is 0 Å². The summed E-state index contributed by atoms with van der Waals surface area (Å²) in [6, 6.07) is 8.51. The van der Waals surface area contributed by atoms with E-state index in [1.165, 1.54) is 11.1 Å². The first kappa shape index (κ1) is 29.2. The summed E-state index contributed by atoms with van der Waals surface area (Å²) in [6.07, 6.45) is 9.27. The van der Waals surface area contributed by atoms with Crippen LogP contribution in [-0.4, -0.2) is 67.6 Å². The van der Waals surface area contributed by atoms with E-state index in [-0.39, 0.29) is 29.5 Å². The predicted molar refractivity (Wildman–Crippen MR) is 165 cm³/mol. The van der Waals surface area contributed by atoms with Crippen molar-refractivity contribution in [1.82, 2.24) is 20.1 Å². The van der Waals surface area contributed by atoms with Gasteiger partial charge in [-0.2, -0.15) is 0 Å². The number of rotatable bonds is 8. The molecule has 2 aromatic heterocycles. The van der Waals surface area contributed by atoms with Crippen LogP contribution in [0.3, 0.4) is 0 Å². The molecule has 0 spiro atoms. The summed E-state index contributed by atoms with van der Waals surface area (Å²) in [5, 5.41) is 4.38. The van der Waals surface area contributed by atoms with Crippen LogP contribution in [0, 0.1) is 11.8 Å². The molecule has 1 saturated carbocycles. The second kappa shape index (κ2) is 11.8. The highest BCUT2D eigenvalue weighted by molar-refractivity contribution is 7.45. The standard InChI is InChI=1S/C32H38FN4O4PS/c1-2-18-7-8-34-15-26(18)23-16-36(17-23)32(39)28-5-4-24-11-20-10-21(20)13-27(31(38)37(24)28)35-14-25-12-22-9-19(30(33)42(40)41)3-6-29(22)43-25/h3,6-9,12,15,20-21,23-24,27-28,30,35,40-41H,2,4-5,10-11,13-14,16-17H2,1H3/t20-,21?,24+,27-,28-,30-/m0/s1. The van der Waals surface area contributed by atoms with Gasteiger partial charge in [0.2, 0.25) is 20.2 Å². The van der Waals surface area contributed by atoms with Gasteiger partial charge in [0.1, 0.15) is 6.04 Å². The minimum absolute atomic E-state index is 0.0479. The SMILES string of the molecule is CCc1ccncc1C1CN(C(=O)[C@@H]2CC[C@@H]3C[C@@H]4CC4C[C@H](NCc4cc5cc([C@@H](F)P(O)O)ccc5s4)C(=O)N32)C1. The maximum atomic E-state index is 14.2. The summed E-state index contributed by atoms with van der Waals surface area (Å²) in [6.45, 7) is 4.01. The van der Waals surface area contributed by atoms with E-state index in [4.69, 9.17) is 0 Å². The third-order valence-electron chi connectivity index (χ3n) is 10.1. The maximum absolute atomic E-state index is 14.2. The molecule has 7 rings (SSSR count). The number of hydrogen-bond donors (Lipinski definition) is 3. The molecule has 4 aliphatic rings. The van der Waals surface area contributed by atoms with E-state index in [0.29, 0.717) is 37.4 Å². The number of thiophene rings is 1. The van der Waals surface area contributed by atoms with Crippen molar-refractivity contribution >= 4 is 41.6 Å². The van der Waals surface area contributed by atoms with Gasteiger partial charge < -0.3 is 24.9 Å². The Morgan fingerprint density at radius 2 is 1.98 bits per heavy atom. The molecule has 4 fully saturated rings. The van der Waals surface area contributed by atoms with Crippen LogP contribution in [-0.2, 0) is 22.6 Å². The lowest BCUT2D eigenvalue weighted by Crippen LogP contribution is -2.59. The van der Waals surface area contributed by atoms with Crippen molar-refractivity contribution in [3.8, 4) is 0 Å². The maximum Gasteiger partial charge on any atom is 0.245 e. The monoisotopic (exact) mass is 624 g/mol. The van der Waals surface area contributed by atoms with Gasteiger partial charge in [0.15, 0.2) is 5.91 Å². The quantitative estimate of drug-likeness (QED) is 0.305. The number of aryl methyl sites for hydroxylation is 1. The summed E-state index contributed by atoms with van der Waals surface area (Å²) >= 11 is 1.58. The molecule has 3 saturated heterocycles. The normalized spacial score (nSPS) is 27.9. The first-order valence-corrected chi connectivity index (χ1v) is 17.5. The molecule has 6 atom stereocenters. The van der Waals surface area contributed by atoms with Crippen molar-refractivity contribution < 1.29 is 23.8 Å². The third kappa shape index (κ3) is 5.61. The van der Waals surface area contributed by atoms with Gasteiger partial charge in [0.05, 0.1) is 6.04 Å². The van der Waals surface area contributed by atoms with E-state index >= 15 is 0 Å². The molecule has 5 heterocycles. The average Bonchev–Trinajstić information content (AvgIpc) is 3.35. The van der Waals surface area contributed by atoms with E-state index in [0.717, 1.165) is 53.5 Å². The number of halogens is 1. The molecule has 1 aromatic carbocycles. The molecule has 43 heavy (non-hydrogen) atoms. The average molecular weight is 625 g/mol. The molecule has 0 bridgehead atoms. The predicted octanol–water partition coefficient (Wildman–Crippen LogP) is 5.00. The fourth-order valence-electron chi connectivity index (χ4n) is 7.58. The van der Waals surface area contributed by atoms with Gasteiger partial charge in [-0.05, 0) is 96.7 Å². The molecule has 3 aliphatic heterocycles. The van der Waals surface area contributed by atoms with E-state index in [1.807, 2.05) is 34.3 Å². The summed E-state index contributed by atoms with van der Waals surface area (Å²) in [5.41, 5.74) is 2.78. The lowest BCUT2D eigenvalue weighted by atomic mass is 9.88. The Balaban J connectivity index is 1.04. The van der Waals surface area contributed by atoms with Crippen LogP contribution >= 0.6 is 19.7 Å². The molecule has 1 aliphatic carbocycles. The Bertz CT molecular complexity index is 1530. The van der Waals surface area contributed by atoms with Crippen LogP contribution in [0.15, 0.2) is 42.7 Å². The zero-order valence-electron chi connectivity index (χ0n) is 24.2. The fourth-order valence-corrected chi connectivity index (χ4v) is 9.00. The molecular weight excluding hydrogens is 586 g/mol. The molecule has 0 radical (unpaired) electrons. The van der Waals surface area contributed by atoms with Crippen LogP contribution in [0.2, 0.25) is 0 Å².